The first-order chi connectivity index (χ1) is 16.9. The van der Waals surface area contributed by atoms with E-state index in [1.54, 1.807) is 48.5 Å². The number of hydrogen-bond acceptors (Lipinski definition) is 6. The van der Waals surface area contributed by atoms with Crippen molar-refractivity contribution in [2.75, 3.05) is 24.1 Å². The zero-order valence-corrected chi connectivity index (χ0v) is 20.4. The van der Waals surface area contributed by atoms with Gasteiger partial charge in [-0.25, -0.2) is 13.8 Å². The average molecular weight is 494 g/mol. The van der Waals surface area contributed by atoms with Gasteiger partial charge in [-0.05, 0) is 47.9 Å². The van der Waals surface area contributed by atoms with Crippen LogP contribution in [0.2, 0.25) is 0 Å². The maximum absolute atomic E-state index is 13.4. The third-order valence-corrected chi connectivity index (χ3v) is 7.24. The van der Waals surface area contributed by atoms with Gasteiger partial charge < -0.3 is 9.47 Å². The van der Waals surface area contributed by atoms with E-state index in [9.17, 15) is 13.2 Å². The summed E-state index contributed by atoms with van der Waals surface area (Å²) in [6, 6.07) is 20.5. The minimum atomic E-state index is -3.99. The Kier molecular flexibility index (Phi) is 7.36. The number of amides is 1. The third kappa shape index (κ3) is 5.63. The molecule has 35 heavy (non-hydrogen) atoms. The molecule has 0 fully saturated rings. The second kappa shape index (κ2) is 10.6. The van der Waals surface area contributed by atoms with Gasteiger partial charge >= 0.3 is 0 Å². The highest BCUT2D eigenvalue weighted by Gasteiger charge is 2.27. The minimum Gasteiger partial charge on any atom is -0.486 e. The van der Waals surface area contributed by atoms with Crippen LogP contribution in [0.15, 0.2) is 82.8 Å². The van der Waals surface area contributed by atoms with E-state index in [1.807, 2.05) is 12.1 Å². The molecule has 0 spiro atoms. The van der Waals surface area contributed by atoms with Gasteiger partial charge in [0.15, 0.2) is 11.5 Å². The molecule has 0 aliphatic carbocycles. The highest BCUT2D eigenvalue weighted by molar-refractivity contribution is 7.92. The van der Waals surface area contributed by atoms with E-state index < -0.39 is 22.5 Å². The molecule has 0 atom stereocenters. The molecule has 0 unspecified atom stereocenters. The zero-order valence-electron chi connectivity index (χ0n) is 19.5. The predicted octanol–water partition coefficient (Wildman–Crippen LogP) is 3.93. The molecule has 1 N–H and O–H groups in total. The van der Waals surface area contributed by atoms with Gasteiger partial charge in [0.25, 0.3) is 15.9 Å². The predicted molar refractivity (Wildman–Crippen MR) is 135 cm³/mol. The molecular formula is C26H27N3O5S. The summed E-state index contributed by atoms with van der Waals surface area (Å²) in [4.78, 5) is 12.9. The fourth-order valence-corrected chi connectivity index (χ4v) is 5.04. The van der Waals surface area contributed by atoms with Crippen LogP contribution >= 0.6 is 0 Å². The first-order valence-corrected chi connectivity index (χ1v) is 12.7. The van der Waals surface area contributed by atoms with Crippen molar-refractivity contribution in [3.8, 4) is 11.5 Å². The molecule has 0 radical (unpaired) electrons. The van der Waals surface area contributed by atoms with Crippen LogP contribution < -0.4 is 19.2 Å². The van der Waals surface area contributed by atoms with Crippen LogP contribution in [-0.2, 0) is 14.8 Å². The first kappa shape index (κ1) is 24.3. The molecule has 4 rings (SSSR count). The number of sulfonamides is 1. The van der Waals surface area contributed by atoms with Gasteiger partial charge in [-0.15, -0.1) is 0 Å². The van der Waals surface area contributed by atoms with E-state index >= 15 is 0 Å². The monoisotopic (exact) mass is 493 g/mol. The number of fused-ring (bicyclic) bond motifs is 1. The minimum absolute atomic E-state index is 0.0947. The molecule has 9 heteroatoms. The van der Waals surface area contributed by atoms with E-state index in [1.165, 1.54) is 18.3 Å². The first-order valence-electron chi connectivity index (χ1n) is 11.2. The summed E-state index contributed by atoms with van der Waals surface area (Å²) in [5.41, 5.74) is 4.51. The van der Waals surface area contributed by atoms with Gasteiger partial charge in [0, 0.05) is 5.56 Å². The maximum atomic E-state index is 13.4. The van der Waals surface area contributed by atoms with Gasteiger partial charge in [-0.2, -0.15) is 5.10 Å². The van der Waals surface area contributed by atoms with Crippen LogP contribution in [0.4, 0.5) is 5.69 Å². The van der Waals surface area contributed by atoms with E-state index in [-0.39, 0.29) is 4.90 Å². The summed E-state index contributed by atoms with van der Waals surface area (Å²) in [6.07, 6.45) is 1.44. The number of carbonyl (C=O) groups excluding carboxylic acids is 1. The van der Waals surface area contributed by atoms with Crippen molar-refractivity contribution in [2.24, 2.45) is 5.10 Å². The normalized spacial score (nSPS) is 13.1. The van der Waals surface area contributed by atoms with Crippen molar-refractivity contribution in [3.63, 3.8) is 0 Å². The number of nitrogens with one attached hydrogen (secondary N) is 1. The molecule has 0 aromatic heterocycles. The third-order valence-electron chi connectivity index (χ3n) is 5.46. The summed E-state index contributed by atoms with van der Waals surface area (Å²) in [5, 5.41) is 4.01. The number of hydrazone groups is 1. The summed E-state index contributed by atoms with van der Waals surface area (Å²) in [5.74, 6) is 0.862. The molecule has 182 valence electrons. The highest BCUT2D eigenvalue weighted by Crippen LogP contribution is 2.32. The van der Waals surface area contributed by atoms with Crippen LogP contribution in [0, 0.1) is 0 Å². The molecule has 0 saturated heterocycles. The molecule has 1 amide bonds. The molecule has 1 aliphatic rings. The summed E-state index contributed by atoms with van der Waals surface area (Å²) >= 11 is 0. The van der Waals surface area contributed by atoms with Crippen LogP contribution in [0.5, 0.6) is 11.5 Å². The Morgan fingerprint density at radius 3 is 2.43 bits per heavy atom. The second-order valence-corrected chi connectivity index (χ2v) is 10.1. The summed E-state index contributed by atoms with van der Waals surface area (Å²) in [6.45, 7) is 4.56. The standard InChI is InChI=1S/C26H27N3O5S/c1-19(2)20-11-13-22(14-12-20)29(35(31,32)23-8-4-3-5-9-23)18-25(30)28-27-17-21-7-6-10-24-26(21)34-16-15-33-24/h3-14,17,19H,15-16,18H2,1-2H3,(H,28,30)/b27-17-. The Labute approximate surface area is 205 Å². The van der Waals surface area contributed by atoms with E-state index in [0.29, 0.717) is 41.9 Å². The van der Waals surface area contributed by atoms with Crippen molar-refractivity contribution in [3.05, 3.63) is 83.9 Å². The van der Waals surface area contributed by atoms with Crippen LogP contribution in [0.1, 0.15) is 30.9 Å². The summed E-state index contributed by atoms with van der Waals surface area (Å²) < 4.78 is 39.1. The molecule has 0 bridgehead atoms. The molecule has 1 heterocycles. The Morgan fingerprint density at radius 1 is 1.00 bits per heavy atom. The topological polar surface area (TPSA) is 97.3 Å². The smallest absolute Gasteiger partial charge is 0.264 e. The van der Waals surface area contributed by atoms with Crippen molar-refractivity contribution in [2.45, 2.75) is 24.7 Å². The summed E-state index contributed by atoms with van der Waals surface area (Å²) in [7, 11) is -3.99. The van der Waals surface area contributed by atoms with Gasteiger partial charge in [-0.3, -0.25) is 9.10 Å². The number of carbonyl (C=O) groups is 1. The molecule has 3 aromatic carbocycles. The van der Waals surface area contributed by atoms with Crippen LogP contribution in [0.25, 0.3) is 0 Å². The van der Waals surface area contributed by atoms with Gasteiger partial charge in [-0.1, -0.05) is 50.2 Å². The van der Waals surface area contributed by atoms with Gasteiger partial charge in [0.2, 0.25) is 0 Å². The quantitative estimate of drug-likeness (QED) is 0.379. The molecule has 1 aliphatic heterocycles. The number of hydrogen-bond donors (Lipinski definition) is 1. The number of para-hydroxylation sites is 1. The lowest BCUT2D eigenvalue weighted by molar-refractivity contribution is -0.119. The number of ether oxygens (including phenoxy) is 2. The maximum Gasteiger partial charge on any atom is 0.264 e. The van der Waals surface area contributed by atoms with Crippen molar-refractivity contribution >= 4 is 27.8 Å². The molecule has 0 saturated carbocycles. The highest BCUT2D eigenvalue weighted by atomic mass is 32.2. The number of benzene rings is 3. The molecule has 8 nitrogen and oxygen atoms in total. The fraction of sp³-hybridized carbons (Fsp3) is 0.231. The average Bonchev–Trinajstić information content (AvgIpc) is 2.88. The Bertz CT molecular complexity index is 1310. The number of rotatable bonds is 8. The Morgan fingerprint density at radius 2 is 1.71 bits per heavy atom. The van der Waals surface area contributed by atoms with Gasteiger partial charge in [0.05, 0.1) is 16.8 Å². The number of nitrogens with zero attached hydrogens (tertiary/aromatic N) is 2. The Hall–Kier alpha value is -3.85. The fourth-order valence-electron chi connectivity index (χ4n) is 3.60. The molecular weight excluding hydrogens is 466 g/mol. The lowest BCUT2D eigenvalue weighted by Crippen LogP contribution is -2.39. The SMILES string of the molecule is CC(C)c1ccc(N(CC(=O)N/N=C\c2cccc3c2OCCO3)S(=O)(=O)c2ccccc2)cc1. The largest absolute Gasteiger partial charge is 0.486 e. The van der Waals surface area contributed by atoms with Crippen LogP contribution in [-0.4, -0.2) is 40.3 Å². The van der Waals surface area contributed by atoms with E-state index in [2.05, 4.69) is 24.4 Å². The van der Waals surface area contributed by atoms with E-state index in [4.69, 9.17) is 9.47 Å². The lowest BCUT2D eigenvalue weighted by Gasteiger charge is -2.24. The van der Waals surface area contributed by atoms with Crippen molar-refractivity contribution < 1.29 is 22.7 Å². The van der Waals surface area contributed by atoms with Crippen molar-refractivity contribution in [1.82, 2.24) is 5.43 Å². The molecule has 3 aromatic rings. The Balaban J connectivity index is 1.55. The number of anilines is 1. The van der Waals surface area contributed by atoms with Crippen LogP contribution in [0.3, 0.4) is 0 Å². The zero-order chi connectivity index (χ0) is 24.8. The van der Waals surface area contributed by atoms with Gasteiger partial charge in [0.1, 0.15) is 19.8 Å². The second-order valence-electron chi connectivity index (χ2n) is 8.24. The lowest BCUT2D eigenvalue weighted by atomic mass is 10.0. The van der Waals surface area contributed by atoms with Crippen molar-refractivity contribution in [1.29, 1.82) is 0 Å². The van der Waals surface area contributed by atoms with E-state index in [0.717, 1.165) is 9.87 Å².